The van der Waals surface area contributed by atoms with E-state index in [2.05, 4.69) is 19.2 Å². The van der Waals surface area contributed by atoms with E-state index in [0.29, 0.717) is 17.9 Å². The highest BCUT2D eigenvalue weighted by atomic mass is 16.2. The highest BCUT2D eigenvalue weighted by Gasteiger charge is 2.20. The van der Waals surface area contributed by atoms with Gasteiger partial charge in [0.2, 0.25) is 5.91 Å². The second-order valence-corrected chi connectivity index (χ2v) is 9.06. The summed E-state index contributed by atoms with van der Waals surface area (Å²) in [7, 11) is 0. The van der Waals surface area contributed by atoms with Crippen LogP contribution in [0.5, 0.6) is 0 Å². The lowest BCUT2D eigenvalue weighted by atomic mass is 10.1. The maximum absolute atomic E-state index is 13.3. The molecule has 6 nitrogen and oxygen atoms in total. The number of unbranched alkanes of at least 4 members (excludes halogenated alkanes) is 2. The topological polar surface area (TPSA) is 67.2 Å². The lowest BCUT2D eigenvalue weighted by molar-refractivity contribution is -0.117. The molecule has 37 heavy (non-hydrogen) atoms. The van der Waals surface area contributed by atoms with Gasteiger partial charge in [0.1, 0.15) is 12.4 Å². The first kappa shape index (κ1) is 25.9. The SMILES string of the molecule is CCCCCN(CC(=O)Nc1cc(-c2ccccc2)nn1-c1ccccc1)C(=O)c1ccc(CC)cc1. The van der Waals surface area contributed by atoms with Gasteiger partial charge in [-0.2, -0.15) is 5.10 Å². The average Bonchev–Trinajstić information content (AvgIpc) is 3.37. The highest BCUT2D eigenvalue weighted by Crippen LogP contribution is 2.25. The average molecular weight is 495 g/mol. The van der Waals surface area contributed by atoms with Crippen molar-refractivity contribution in [1.82, 2.24) is 14.7 Å². The predicted octanol–water partition coefficient (Wildman–Crippen LogP) is 6.37. The lowest BCUT2D eigenvalue weighted by Crippen LogP contribution is -2.39. The Labute approximate surface area is 218 Å². The first-order chi connectivity index (χ1) is 18.1. The molecule has 3 aromatic carbocycles. The number of para-hydroxylation sites is 1. The van der Waals surface area contributed by atoms with Crippen LogP contribution in [0, 0.1) is 0 Å². The monoisotopic (exact) mass is 494 g/mol. The van der Waals surface area contributed by atoms with Gasteiger partial charge in [-0.15, -0.1) is 0 Å². The molecule has 0 saturated carbocycles. The summed E-state index contributed by atoms with van der Waals surface area (Å²) < 4.78 is 1.73. The highest BCUT2D eigenvalue weighted by molar-refractivity contribution is 5.99. The molecular weight excluding hydrogens is 460 g/mol. The van der Waals surface area contributed by atoms with Crippen molar-refractivity contribution in [3.63, 3.8) is 0 Å². The molecule has 0 fully saturated rings. The second kappa shape index (κ2) is 12.7. The molecule has 1 N–H and O–H groups in total. The third-order valence-corrected chi connectivity index (χ3v) is 6.31. The fraction of sp³-hybridized carbons (Fsp3) is 0.258. The number of aromatic nitrogens is 2. The number of nitrogens with zero attached hydrogens (tertiary/aromatic N) is 3. The maximum Gasteiger partial charge on any atom is 0.254 e. The number of amides is 2. The Morgan fingerprint density at radius 1 is 0.865 bits per heavy atom. The van der Waals surface area contributed by atoms with E-state index in [1.54, 1.807) is 9.58 Å². The lowest BCUT2D eigenvalue weighted by Gasteiger charge is -2.22. The van der Waals surface area contributed by atoms with E-state index >= 15 is 0 Å². The number of rotatable bonds is 11. The zero-order valence-electron chi connectivity index (χ0n) is 21.6. The first-order valence-electron chi connectivity index (χ1n) is 13.0. The molecule has 0 aliphatic carbocycles. The minimum atomic E-state index is -0.258. The van der Waals surface area contributed by atoms with E-state index in [-0.39, 0.29) is 18.4 Å². The Hall–Kier alpha value is -4.19. The van der Waals surface area contributed by atoms with Crippen molar-refractivity contribution in [3.8, 4) is 16.9 Å². The van der Waals surface area contributed by atoms with Gasteiger partial charge in [0.15, 0.2) is 0 Å². The third-order valence-electron chi connectivity index (χ3n) is 6.31. The molecule has 1 aromatic heterocycles. The Morgan fingerprint density at radius 3 is 2.19 bits per heavy atom. The van der Waals surface area contributed by atoms with Crippen molar-refractivity contribution in [2.24, 2.45) is 0 Å². The van der Waals surface area contributed by atoms with Crippen LogP contribution in [0.15, 0.2) is 91.0 Å². The number of hydrogen-bond donors (Lipinski definition) is 1. The van der Waals surface area contributed by atoms with E-state index in [9.17, 15) is 9.59 Å². The van der Waals surface area contributed by atoms with Crippen molar-refractivity contribution in [1.29, 1.82) is 0 Å². The van der Waals surface area contributed by atoms with Crippen LogP contribution in [-0.2, 0) is 11.2 Å². The Kier molecular flexibility index (Phi) is 8.87. The first-order valence-corrected chi connectivity index (χ1v) is 13.0. The summed E-state index contributed by atoms with van der Waals surface area (Å²) in [5.74, 6) is 0.172. The summed E-state index contributed by atoms with van der Waals surface area (Å²) in [4.78, 5) is 28.3. The molecule has 0 spiro atoms. The number of carbonyl (C=O) groups is 2. The third kappa shape index (κ3) is 6.73. The summed E-state index contributed by atoms with van der Waals surface area (Å²) >= 11 is 0. The summed E-state index contributed by atoms with van der Waals surface area (Å²) in [6, 6.07) is 29.1. The van der Waals surface area contributed by atoms with Crippen LogP contribution >= 0.6 is 0 Å². The van der Waals surface area contributed by atoms with Gasteiger partial charge in [-0.05, 0) is 42.7 Å². The molecule has 0 aliphatic rings. The molecule has 0 bridgehead atoms. The van der Waals surface area contributed by atoms with Crippen LogP contribution in [0.25, 0.3) is 16.9 Å². The van der Waals surface area contributed by atoms with Crippen molar-refractivity contribution in [2.75, 3.05) is 18.4 Å². The van der Waals surface area contributed by atoms with E-state index in [4.69, 9.17) is 5.10 Å². The molecule has 0 atom stereocenters. The van der Waals surface area contributed by atoms with Gasteiger partial charge in [0, 0.05) is 23.7 Å². The van der Waals surface area contributed by atoms with Gasteiger partial charge in [0.05, 0.1) is 11.4 Å². The normalized spacial score (nSPS) is 10.8. The maximum atomic E-state index is 13.3. The summed E-state index contributed by atoms with van der Waals surface area (Å²) in [5.41, 5.74) is 4.33. The Balaban J connectivity index is 1.56. The largest absolute Gasteiger partial charge is 0.329 e. The number of carbonyl (C=O) groups excluding carboxylic acids is 2. The van der Waals surface area contributed by atoms with Gasteiger partial charge in [-0.25, -0.2) is 4.68 Å². The molecule has 0 radical (unpaired) electrons. The number of hydrogen-bond acceptors (Lipinski definition) is 3. The van der Waals surface area contributed by atoms with Crippen LogP contribution in [0.3, 0.4) is 0 Å². The Morgan fingerprint density at radius 2 is 1.54 bits per heavy atom. The molecule has 1 heterocycles. The Bertz CT molecular complexity index is 1300. The molecule has 0 saturated heterocycles. The van der Waals surface area contributed by atoms with Gasteiger partial charge < -0.3 is 10.2 Å². The molecule has 6 heteroatoms. The second-order valence-electron chi connectivity index (χ2n) is 9.06. The molecule has 4 rings (SSSR count). The smallest absolute Gasteiger partial charge is 0.254 e. The number of benzene rings is 3. The van der Waals surface area contributed by atoms with E-state index in [0.717, 1.165) is 42.6 Å². The van der Waals surface area contributed by atoms with Crippen molar-refractivity contribution in [3.05, 3.63) is 102 Å². The fourth-order valence-electron chi connectivity index (χ4n) is 4.21. The molecule has 0 aliphatic heterocycles. The molecule has 190 valence electrons. The van der Waals surface area contributed by atoms with Crippen molar-refractivity contribution in [2.45, 2.75) is 39.5 Å². The van der Waals surface area contributed by atoms with Crippen molar-refractivity contribution >= 4 is 17.6 Å². The fourth-order valence-corrected chi connectivity index (χ4v) is 4.21. The van der Waals surface area contributed by atoms with Crippen LogP contribution in [0.4, 0.5) is 5.82 Å². The quantitative estimate of drug-likeness (QED) is 0.246. The predicted molar refractivity (Wildman–Crippen MR) is 149 cm³/mol. The van der Waals surface area contributed by atoms with Gasteiger partial charge in [-0.3, -0.25) is 9.59 Å². The minimum absolute atomic E-state index is 0.0291. The zero-order chi connectivity index (χ0) is 26.0. The van der Waals surface area contributed by atoms with Crippen LogP contribution < -0.4 is 5.32 Å². The standard InChI is InChI=1S/C31H34N4O2/c1-3-5-12-21-34(31(37)26-19-17-24(4-2)18-20-26)23-30(36)32-29-22-28(25-13-8-6-9-14-25)33-35(29)27-15-10-7-11-16-27/h6-11,13-20,22H,3-5,12,21,23H2,1-2H3,(H,32,36). The number of nitrogens with one attached hydrogen (secondary N) is 1. The zero-order valence-corrected chi connectivity index (χ0v) is 21.6. The van der Waals surface area contributed by atoms with Crippen LogP contribution in [0.1, 0.15) is 49.0 Å². The summed E-state index contributed by atoms with van der Waals surface area (Å²) in [6.45, 7) is 4.71. The van der Waals surface area contributed by atoms with Gasteiger partial charge in [-0.1, -0.05) is 87.4 Å². The van der Waals surface area contributed by atoms with E-state index < -0.39 is 0 Å². The van der Waals surface area contributed by atoms with Crippen LogP contribution in [-0.4, -0.2) is 39.6 Å². The summed E-state index contributed by atoms with van der Waals surface area (Å²) in [6.07, 6.45) is 3.80. The molecule has 2 amide bonds. The van der Waals surface area contributed by atoms with Gasteiger partial charge >= 0.3 is 0 Å². The van der Waals surface area contributed by atoms with Gasteiger partial charge in [0.25, 0.3) is 5.91 Å². The summed E-state index contributed by atoms with van der Waals surface area (Å²) in [5, 5.41) is 7.78. The minimum Gasteiger partial charge on any atom is -0.329 e. The number of aryl methyl sites for hydroxylation is 1. The van der Waals surface area contributed by atoms with Crippen molar-refractivity contribution < 1.29 is 9.59 Å². The molecule has 4 aromatic rings. The molecular formula is C31H34N4O2. The van der Waals surface area contributed by atoms with E-state index in [1.165, 1.54) is 5.56 Å². The van der Waals surface area contributed by atoms with E-state index in [1.807, 2.05) is 91.0 Å². The van der Waals surface area contributed by atoms with Crippen LogP contribution in [0.2, 0.25) is 0 Å². The molecule has 0 unspecified atom stereocenters. The number of anilines is 1.